The standard InChI is InChI=1S/C3N3PS4/c8-1-4-7(11,5-2-9)6-3-10. The monoisotopic (exact) mass is 237 g/mol. The van der Waals surface area contributed by atoms with Crippen LogP contribution in [0.4, 0.5) is 0 Å². The summed E-state index contributed by atoms with van der Waals surface area (Å²) in [6, 6.07) is 0. The van der Waals surface area contributed by atoms with Crippen molar-refractivity contribution >= 4 is 70.4 Å². The predicted octanol–water partition coefficient (Wildman–Crippen LogP) is 2.52. The lowest BCUT2D eigenvalue weighted by atomic mass is 11.7. The van der Waals surface area contributed by atoms with Crippen LogP contribution in [0.25, 0.3) is 0 Å². The summed E-state index contributed by atoms with van der Waals surface area (Å²) in [5.41, 5.74) is 0. The number of hydrogen-bond acceptors (Lipinski definition) is 4. The molecule has 56 valence electrons. The molecular formula is C3N3PS4. The molecule has 0 aliphatic heterocycles. The highest BCUT2D eigenvalue weighted by atomic mass is 32.4. The highest BCUT2D eigenvalue weighted by Gasteiger charge is 2.08. The summed E-state index contributed by atoms with van der Waals surface area (Å²) >= 11 is 17.8. The lowest BCUT2D eigenvalue weighted by molar-refractivity contribution is 1.69. The summed E-state index contributed by atoms with van der Waals surface area (Å²) in [7, 11) is 0. The van der Waals surface area contributed by atoms with E-state index in [9.17, 15) is 0 Å². The van der Waals surface area contributed by atoms with Crippen LogP contribution in [-0.2, 0) is 11.8 Å². The Balaban J connectivity index is 5.13. The molecule has 11 heavy (non-hydrogen) atoms. The van der Waals surface area contributed by atoms with E-state index in [1.807, 2.05) is 0 Å². The van der Waals surface area contributed by atoms with E-state index in [1.54, 1.807) is 0 Å². The van der Waals surface area contributed by atoms with Gasteiger partial charge in [0.1, 0.15) is 0 Å². The van der Waals surface area contributed by atoms with Gasteiger partial charge in [-0.1, -0.05) is 0 Å². The molecule has 3 nitrogen and oxygen atoms in total. The summed E-state index contributed by atoms with van der Waals surface area (Å²) in [6.07, 6.45) is 0. The van der Waals surface area contributed by atoms with Gasteiger partial charge in [-0.2, -0.15) is 14.3 Å². The van der Waals surface area contributed by atoms with E-state index in [0.717, 1.165) is 0 Å². The molecule has 0 heterocycles. The fourth-order valence-electron chi connectivity index (χ4n) is 0.227. The maximum absolute atomic E-state index is 4.82. The second-order valence-electron chi connectivity index (χ2n) is 1.09. The third-order valence-electron chi connectivity index (χ3n) is 0.513. The molecule has 0 spiro atoms. The fraction of sp³-hybridized carbons (Fsp3) is 0. The summed E-state index contributed by atoms with van der Waals surface area (Å²) < 4.78 is 10.6. The van der Waals surface area contributed by atoms with Crippen LogP contribution in [0.5, 0.6) is 0 Å². The van der Waals surface area contributed by atoms with Crippen molar-refractivity contribution < 1.29 is 0 Å². The van der Waals surface area contributed by atoms with Crippen molar-refractivity contribution in [2.45, 2.75) is 0 Å². The van der Waals surface area contributed by atoms with Gasteiger partial charge in [-0.25, -0.2) is 0 Å². The van der Waals surface area contributed by atoms with Crippen molar-refractivity contribution in [3.8, 4) is 0 Å². The summed E-state index contributed by atoms with van der Waals surface area (Å²) in [5.74, 6) is 0. The van der Waals surface area contributed by atoms with Gasteiger partial charge in [-0.15, -0.1) is 0 Å². The minimum atomic E-state index is -2.66. The topological polar surface area (TPSA) is 37.1 Å². The first-order valence-corrected chi connectivity index (χ1v) is 5.95. The van der Waals surface area contributed by atoms with E-state index in [2.05, 4.69) is 66.4 Å². The van der Waals surface area contributed by atoms with Gasteiger partial charge in [-0.05, 0) is 48.5 Å². The smallest absolute Gasteiger partial charge is 0.154 e. The molecule has 0 fully saturated rings. The Bertz CT molecular complexity index is 278. The highest BCUT2D eigenvalue weighted by molar-refractivity contribution is 8.13. The van der Waals surface area contributed by atoms with Gasteiger partial charge in [0.25, 0.3) is 0 Å². The van der Waals surface area contributed by atoms with Gasteiger partial charge in [0.05, 0.1) is 15.5 Å². The van der Waals surface area contributed by atoms with Crippen molar-refractivity contribution in [3.05, 3.63) is 0 Å². The van der Waals surface area contributed by atoms with Gasteiger partial charge in [0, 0.05) is 0 Å². The molecule has 0 aromatic heterocycles. The van der Waals surface area contributed by atoms with Crippen molar-refractivity contribution in [2.75, 3.05) is 0 Å². The lowest BCUT2D eigenvalue weighted by Crippen LogP contribution is -1.63. The number of nitrogens with zero attached hydrogens (tertiary/aromatic N) is 3. The first kappa shape index (κ1) is 11.1. The third-order valence-corrected chi connectivity index (χ3v) is 3.01. The quantitative estimate of drug-likeness (QED) is 0.429. The first-order chi connectivity index (χ1) is 5.18. The molecule has 0 bridgehead atoms. The average molecular weight is 237 g/mol. The van der Waals surface area contributed by atoms with Gasteiger partial charge in [0.2, 0.25) is 0 Å². The molecule has 0 saturated heterocycles. The molecule has 0 aliphatic rings. The molecule has 0 aromatic rings. The highest BCUT2D eigenvalue weighted by Crippen LogP contribution is 2.49. The molecule has 0 aromatic carbocycles. The van der Waals surface area contributed by atoms with Crippen LogP contribution in [0, 0.1) is 0 Å². The predicted molar refractivity (Wildman–Crippen MR) is 59.4 cm³/mol. The van der Waals surface area contributed by atoms with Gasteiger partial charge in [0.15, 0.2) is 0 Å². The second kappa shape index (κ2) is 5.67. The largest absolute Gasteiger partial charge is 0.301 e. The Hall–Kier alpha value is 0.0500. The molecular weight excluding hydrogens is 237 g/mol. The zero-order valence-electron chi connectivity index (χ0n) is 4.92. The average Bonchev–Trinajstić information content (AvgIpc) is 1.88. The normalized spacial score (nSPS) is 12.7. The van der Waals surface area contributed by atoms with Crippen molar-refractivity contribution in [2.24, 2.45) is 14.3 Å². The van der Waals surface area contributed by atoms with E-state index >= 15 is 0 Å². The molecule has 0 amide bonds. The summed E-state index contributed by atoms with van der Waals surface area (Å²) in [6.45, 7) is -2.66. The Labute approximate surface area is 84.5 Å². The first-order valence-electron chi connectivity index (χ1n) is 2.07. The Morgan fingerprint density at radius 2 is 1.09 bits per heavy atom. The molecule has 0 saturated carbocycles. The van der Waals surface area contributed by atoms with Crippen molar-refractivity contribution in [3.63, 3.8) is 0 Å². The Kier molecular flexibility index (Phi) is 5.69. The zero-order valence-corrected chi connectivity index (χ0v) is 9.08. The molecule has 0 rings (SSSR count). The maximum Gasteiger partial charge on any atom is 0.301 e. The fourth-order valence-corrected chi connectivity index (χ4v) is 2.54. The zero-order chi connectivity index (χ0) is 8.74. The summed E-state index contributed by atoms with van der Waals surface area (Å²) in [5, 5.41) is 6.21. The number of rotatable bonds is 3. The van der Waals surface area contributed by atoms with Crippen LogP contribution in [0.2, 0.25) is 0 Å². The molecule has 0 radical (unpaired) electrons. The van der Waals surface area contributed by atoms with E-state index in [4.69, 9.17) is 11.8 Å². The van der Waals surface area contributed by atoms with Crippen LogP contribution in [0.1, 0.15) is 0 Å². The number of isothiocyanates is 3. The van der Waals surface area contributed by atoms with Gasteiger partial charge >= 0.3 is 6.49 Å². The Morgan fingerprint density at radius 1 is 0.818 bits per heavy atom. The number of hydrogen-bond donors (Lipinski definition) is 0. The van der Waals surface area contributed by atoms with Gasteiger partial charge < -0.3 is 0 Å². The van der Waals surface area contributed by atoms with E-state index in [-0.39, 0.29) is 0 Å². The van der Waals surface area contributed by atoms with E-state index < -0.39 is 6.49 Å². The van der Waals surface area contributed by atoms with Gasteiger partial charge in [-0.3, -0.25) is 0 Å². The SMILES string of the molecule is S=C=NP(=S)(N=C=S)N=C=S. The molecule has 0 N–H and O–H groups in total. The lowest BCUT2D eigenvalue weighted by Gasteiger charge is -1.95. The van der Waals surface area contributed by atoms with Crippen LogP contribution < -0.4 is 0 Å². The van der Waals surface area contributed by atoms with Crippen LogP contribution in [0.15, 0.2) is 14.3 Å². The molecule has 8 heteroatoms. The minimum Gasteiger partial charge on any atom is -0.154 e. The maximum atomic E-state index is 4.82. The third kappa shape index (κ3) is 4.49. The molecule has 0 unspecified atom stereocenters. The Morgan fingerprint density at radius 3 is 1.27 bits per heavy atom. The van der Waals surface area contributed by atoms with E-state index in [1.165, 1.54) is 0 Å². The number of thiocarbonyl (C=S) groups is 3. The minimum absolute atomic E-state index is 2.07. The van der Waals surface area contributed by atoms with Crippen LogP contribution in [0.3, 0.4) is 0 Å². The van der Waals surface area contributed by atoms with Crippen molar-refractivity contribution in [1.82, 2.24) is 0 Å². The van der Waals surface area contributed by atoms with Crippen molar-refractivity contribution in [1.29, 1.82) is 0 Å². The molecule has 0 atom stereocenters. The summed E-state index contributed by atoms with van der Waals surface area (Å²) in [4.78, 5) is 0. The molecule has 0 aliphatic carbocycles. The second-order valence-corrected chi connectivity index (χ2v) is 4.73. The van der Waals surface area contributed by atoms with Crippen LogP contribution in [-0.4, -0.2) is 15.5 Å². The van der Waals surface area contributed by atoms with E-state index in [0.29, 0.717) is 0 Å². The van der Waals surface area contributed by atoms with Crippen LogP contribution >= 0.6 is 43.1 Å².